The smallest absolute Gasteiger partial charge is 0.322 e. The minimum atomic E-state index is -0.926. The Morgan fingerprint density at radius 3 is 3.15 bits per heavy atom. The van der Waals surface area contributed by atoms with Gasteiger partial charge in [0.25, 0.3) is 0 Å². The SMILES string of the molecule is COc1ccnc(NCC(=O)O)c1. The summed E-state index contributed by atoms with van der Waals surface area (Å²) in [5.74, 6) is 0.203. The summed E-state index contributed by atoms with van der Waals surface area (Å²) >= 11 is 0. The molecule has 13 heavy (non-hydrogen) atoms. The lowest BCUT2D eigenvalue weighted by molar-refractivity contribution is -0.134. The van der Waals surface area contributed by atoms with E-state index in [1.54, 1.807) is 18.3 Å². The van der Waals surface area contributed by atoms with E-state index in [4.69, 9.17) is 9.84 Å². The van der Waals surface area contributed by atoms with Crippen molar-refractivity contribution in [3.63, 3.8) is 0 Å². The van der Waals surface area contributed by atoms with Crippen molar-refractivity contribution in [2.75, 3.05) is 19.0 Å². The second-order valence-corrected chi connectivity index (χ2v) is 2.33. The van der Waals surface area contributed by atoms with Crippen LogP contribution in [0.1, 0.15) is 0 Å². The van der Waals surface area contributed by atoms with E-state index in [1.165, 1.54) is 7.11 Å². The number of ether oxygens (including phenoxy) is 1. The Labute approximate surface area is 75.4 Å². The monoisotopic (exact) mass is 182 g/mol. The largest absolute Gasteiger partial charge is 0.497 e. The molecule has 1 heterocycles. The molecule has 5 nitrogen and oxygen atoms in total. The topological polar surface area (TPSA) is 71.5 Å². The number of carbonyl (C=O) groups is 1. The molecular weight excluding hydrogens is 172 g/mol. The fourth-order valence-corrected chi connectivity index (χ4v) is 0.801. The molecule has 0 aliphatic rings. The van der Waals surface area contributed by atoms with Crippen molar-refractivity contribution in [2.45, 2.75) is 0 Å². The molecule has 0 saturated heterocycles. The second-order valence-electron chi connectivity index (χ2n) is 2.33. The number of nitrogens with one attached hydrogen (secondary N) is 1. The first-order chi connectivity index (χ1) is 6.22. The summed E-state index contributed by atoms with van der Waals surface area (Å²) in [5, 5.41) is 11.0. The van der Waals surface area contributed by atoms with Crippen molar-refractivity contribution >= 4 is 11.8 Å². The van der Waals surface area contributed by atoms with E-state index in [0.29, 0.717) is 11.6 Å². The fraction of sp³-hybridized carbons (Fsp3) is 0.250. The molecule has 0 unspecified atom stereocenters. The van der Waals surface area contributed by atoms with Crippen LogP contribution < -0.4 is 10.1 Å². The van der Waals surface area contributed by atoms with Crippen LogP contribution in [0.2, 0.25) is 0 Å². The van der Waals surface area contributed by atoms with Crippen LogP contribution in [-0.2, 0) is 4.79 Å². The zero-order chi connectivity index (χ0) is 9.68. The summed E-state index contributed by atoms with van der Waals surface area (Å²) in [6, 6.07) is 3.31. The van der Waals surface area contributed by atoms with Crippen LogP contribution in [0.5, 0.6) is 5.75 Å². The zero-order valence-corrected chi connectivity index (χ0v) is 7.15. The summed E-state index contributed by atoms with van der Waals surface area (Å²) in [6.07, 6.45) is 1.54. The first-order valence-corrected chi connectivity index (χ1v) is 3.68. The van der Waals surface area contributed by atoms with Crippen LogP contribution >= 0.6 is 0 Å². The lowest BCUT2D eigenvalue weighted by atomic mass is 10.4. The number of anilines is 1. The molecule has 0 fully saturated rings. The molecule has 1 rings (SSSR count). The highest BCUT2D eigenvalue weighted by atomic mass is 16.5. The second kappa shape index (κ2) is 4.30. The molecule has 0 amide bonds. The van der Waals surface area contributed by atoms with Crippen LogP contribution in [0.4, 0.5) is 5.82 Å². The van der Waals surface area contributed by atoms with Gasteiger partial charge in [-0.15, -0.1) is 0 Å². The molecule has 0 radical (unpaired) electrons. The van der Waals surface area contributed by atoms with Crippen molar-refractivity contribution in [2.24, 2.45) is 0 Å². The Morgan fingerprint density at radius 2 is 2.54 bits per heavy atom. The van der Waals surface area contributed by atoms with Gasteiger partial charge in [-0.25, -0.2) is 4.98 Å². The maximum Gasteiger partial charge on any atom is 0.322 e. The first-order valence-electron chi connectivity index (χ1n) is 3.68. The number of nitrogens with zero attached hydrogens (tertiary/aromatic N) is 1. The third-order valence-corrected chi connectivity index (χ3v) is 1.39. The van der Waals surface area contributed by atoms with Gasteiger partial charge in [0.1, 0.15) is 18.1 Å². The van der Waals surface area contributed by atoms with Crippen LogP contribution in [0.3, 0.4) is 0 Å². The highest BCUT2D eigenvalue weighted by Gasteiger charge is 1.98. The van der Waals surface area contributed by atoms with Gasteiger partial charge in [-0.3, -0.25) is 4.79 Å². The number of methoxy groups -OCH3 is 1. The molecule has 0 aromatic carbocycles. The minimum absolute atomic E-state index is 0.153. The molecule has 0 saturated carbocycles. The Hall–Kier alpha value is -1.78. The maximum atomic E-state index is 10.2. The number of hydrogen-bond donors (Lipinski definition) is 2. The lowest BCUT2D eigenvalue weighted by Crippen LogP contribution is -2.13. The zero-order valence-electron chi connectivity index (χ0n) is 7.15. The first kappa shape index (κ1) is 9.31. The predicted molar refractivity (Wildman–Crippen MR) is 46.9 cm³/mol. The Kier molecular flexibility index (Phi) is 3.08. The molecule has 5 heteroatoms. The van der Waals surface area contributed by atoms with Crippen LogP contribution in [-0.4, -0.2) is 29.7 Å². The van der Waals surface area contributed by atoms with E-state index in [1.807, 2.05) is 0 Å². The predicted octanol–water partition coefficient (Wildman–Crippen LogP) is 0.587. The van der Waals surface area contributed by atoms with E-state index in [-0.39, 0.29) is 6.54 Å². The van der Waals surface area contributed by atoms with Crippen molar-refractivity contribution in [1.82, 2.24) is 4.98 Å². The molecule has 0 aliphatic heterocycles. The molecule has 1 aromatic heterocycles. The van der Waals surface area contributed by atoms with E-state index in [0.717, 1.165) is 0 Å². The van der Waals surface area contributed by atoms with Gasteiger partial charge in [0.2, 0.25) is 0 Å². The summed E-state index contributed by atoms with van der Waals surface area (Å²) in [7, 11) is 1.54. The average Bonchev–Trinajstić information content (AvgIpc) is 2.15. The van der Waals surface area contributed by atoms with E-state index in [9.17, 15) is 4.79 Å². The van der Waals surface area contributed by atoms with Gasteiger partial charge in [-0.2, -0.15) is 0 Å². The molecule has 2 N–H and O–H groups in total. The number of pyridine rings is 1. The Morgan fingerprint density at radius 1 is 1.77 bits per heavy atom. The lowest BCUT2D eigenvalue weighted by Gasteiger charge is -2.03. The molecule has 0 bridgehead atoms. The van der Waals surface area contributed by atoms with Gasteiger partial charge in [0.05, 0.1) is 7.11 Å². The van der Waals surface area contributed by atoms with Gasteiger partial charge in [0, 0.05) is 12.3 Å². The highest BCUT2D eigenvalue weighted by molar-refractivity contribution is 5.72. The van der Waals surface area contributed by atoms with Crippen molar-refractivity contribution in [3.05, 3.63) is 18.3 Å². The number of carboxylic acid groups (broad SMARTS) is 1. The standard InChI is InChI=1S/C8H10N2O3/c1-13-6-2-3-9-7(4-6)10-5-8(11)12/h2-4H,5H2,1H3,(H,9,10)(H,11,12). The van der Waals surface area contributed by atoms with Crippen molar-refractivity contribution in [3.8, 4) is 5.75 Å². The third-order valence-electron chi connectivity index (χ3n) is 1.39. The molecular formula is C8H10N2O3. The summed E-state index contributed by atoms with van der Waals surface area (Å²) in [4.78, 5) is 14.1. The number of carboxylic acids is 1. The molecule has 70 valence electrons. The normalized spacial score (nSPS) is 9.31. The summed E-state index contributed by atoms with van der Waals surface area (Å²) in [6.45, 7) is -0.153. The molecule has 0 aliphatic carbocycles. The third kappa shape index (κ3) is 2.98. The van der Waals surface area contributed by atoms with E-state index >= 15 is 0 Å². The Balaban J connectivity index is 2.61. The number of aliphatic carboxylic acids is 1. The Bertz CT molecular complexity index is 301. The molecule has 1 aromatic rings. The van der Waals surface area contributed by atoms with Gasteiger partial charge in [0.15, 0.2) is 0 Å². The van der Waals surface area contributed by atoms with E-state index < -0.39 is 5.97 Å². The summed E-state index contributed by atoms with van der Waals surface area (Å²) in [5.41, 5.74) is 0. The molecule has 0 atom stereocenters. The van der Waals surface area contributed by atoms with Crippen molar-refractivity contribution in [1.29, 1.82) is 0 Å². The van der Waals surface area contributed by atoms with Gasteiger partial charge in [-0.1, -0.05) is 0 Å². The quantitative estimate of drug-likeness (QED) is 0.712. The maximum absolute atomic E-state index is 10.2. The number of aromatic nitrogens is 1. The van der Waals surface area contributed by atoms with Gasteiger partial charge in [-0.05, 0) is 6.07 Å². The van der Waals surface area contributed by atoms with E-state index in [2.05, 4.69) is 10.3 Å². The average molecular weight is 182 g/mol. The van der Waals surface area contributed by atoms with Gasteiger partial charge >= 0.3 is 5.97 Å². The van der Waals surface area contributed by atoms with Crippen LogP contribution in [0, 0.1) is 0 Å². The molecule has 0 spiro atoms. The van der Waals surface area contributed by atoms with Crippen LogP contribution in [0.15, 0.2) is 18.3 Å². The number of hydrogen-bond acceptors (Lipinski definition) is 4. The summed E-state index contributed by atoms with van der Waals surface area (Å²) < 4.78 is 4.93. The number of rotatable bonds is 4. The van der Waals surface area contributed by atoms with Crippen molar-refractivity contribution < 1.29 is 14.6 Å². The van der Waals surface area contributed by atoms with Gasteiger partial charge < -0.3 is 15.2 Å². The fourth-order valence-electron chi connectivity index (χ4n) is 0.801. The van der Waals surface area contributed by atoms with Crippen LogP contribution in [0.25, 0.3) is 0 Å². The highest BCUT2D eigenvalue weighted by Crippen LogP contribution is 2.12. The minimum Gasteiger partial charge on any atom is -0.497 e.